The van der Waals surface area contributed by atoms with Crippen molar-refractivity contribution in [3.8, 4) is 0 Å². The molecule has 1 fully saturated rings. The van der Waals surface area contributed by atoms with Crippen molar-refractivity contribution in [3.05, 3.63) is 29.8 Å². The molecule has 1 heterocycles. The van der Waals surface area contributed by atoms with Gasteiger partial charge in [0.25, 0.3) is 0 Å². The molecule has 23 heavy (non-hydrogen) atoms. The third-order valence-corrected chi connectivity index (χ3v) is 4.66. The molecule has 1 aliphatic heterocycles. The van der Waals surface area contributed by atoms with Gasteiger partial charge in [0.2, 0.25) is 11.8 Å². The van der Waals surface area contributed by atoms with Crippen LogP contribution < -0.4 is 4.90 Å². The smallest absolute Gasteiger partial charge is 0.274 e. The SMILES string of the molecule is CCCC1C(=O)N(c2ccc(C(F)(F)F)cc2)C(=O)C1CCI. The lowest BCUT2D eigenvalue weighted by atomic mass is 9.89. The topological polar surface area (TPSA) is 37.4 Å². The number of benzene rings is 1. The largest absolute Gasteiger partial charge is 0.416 e. The van der Waals surface area contributed by atoms with Gasteiger partial charge in [0.1, 0.15) is 0 Å². The molecule has 0 saturated carbocycles. The van der Waals surface area contributed by atoms with Crippen molar-refractivity contribution in [2.45, 2.75) is 32.4 Å². The van der Waals surface area contributed by atoms with Gasteiger partial charge < -0.3 is 0 Å². The average Bonchev–Trinajstić information content (AvgIpc) is 2.72. The molecule has 1 saturated heterocycles. The Morgan fingerprint density at radius 1 is 1.04 bits per heavy atom. The third kappa shape index (κ3) is 3.70. The molecule has 2 rings (SSSR count). The zero-order valence-electron chi connectivity index (χ0n) is 12.6. The molecule has 0 radical (unpaired) electrons. The maximum Gasteiger partial charge on any atom is 0.416 e. The maximum atomic E-state index is 12.6. The summed E-state index contributed by atoms with van der Waals surface area (Å²) in [5.74, 6) is -1.34. The van der Waals surface area contributed by atoms with E-state index in [0.29, 0.717) is 12.8 Å². The second-order valence-electron chi connectivity index (χ2n) is 5.54. The lowest BCUT2D eigenvalue weighted by Crippen LogP contribution is -2.31. The Kier molecular flexibility index (Phi) is 5.70. The lowest BCUT2D eigenvalue weighted by molar-refractivity contribution is -0.137. The number of imide groups is 1. The van der Waals surface area contributed by atoms with Gasteiger partial charge in [-0.25, -0.2) is 0 Å². The van der Waals surface area contributed by atoms with Gasteiger partial charge in [0, 0.05) is 4.43 Å². The minimum absolute atomic E-state index is 0.213. The molecule has 0 aromatic heterocycles. The molecule has 0 bridgehead atoms. The van der Waals surface area contributed by atoms with Crippen LogP contribution in [0.1, 0.15) is 31.7 Å². The number of amides is 2. The van der Waals surface area contributed by atoms with E-state index >= 15 is 0 Å². The van der Waals surface area contributed by atoms with E-state index in [4.69, 9.17) is 0 Å². The van der Waals surface area contributed by atoms with Crippen molar-refractivity contribution >= 4 is 40.1 Å². The van der Waals surface area contributed by atoms with Crippen molar-refractivity contribution < 1.29 is 22.8 Å². The van der Waals surface area contributed by atoms with Crippen molar-refractivity contribution in [1.82, 2.24) is 0 Å². The van der Waals surface area contributed by atoms with Crippen LogP contribution in [0, 0.1) is 11.8 Å². The molecular weight excluding hydrogens is 422 g/mol. The predicted molar refractivity (Wildman–Crippen MR) is 89.3 cm³/mol. The first-order valence-corrected chi connectivity index (χ1v) is 8.94. The highest BCUT2D eigenvalue weighted by Gasteiger charge is 2.47. The summed E-state index contributed by atoms with van der Waals surface area (Å²) >= 11 is 2.16. The predicted octanol–water partition coefficient (Wildman–Crippen LogP) is 4.44. The van der Waals surface area contributed by atoms with Gasteiger partial charge in [-0.2, -0.15) is 13.2 Å². The average molecular weight is 439 g/mol. The fourth-order valence-electron chi connectivity index (χ4n) is 2.92. The summed E-state index contributed by atoms with van der Waals surface area (Å²) in [5.41, 5.74) is -0.584. The van der Waals surface area contributed by atoms with E-state index in [2.05, 4.69) is 22.6 Å². The van der Waals surface area contributed by atoms with Crippen LogP contribution in [-0.2, 0) is 15.8 Å². The molecule has 2 atom stereocenters. The first kappa shape index (κ1) is 18.2. The van der Waals surface area contributed by atoms with Gasteiger partial charge in [0.15, 0.2) is 0 Å². The molecule has 3 nitrogen and oxygen atoms in total. The summed E-state index contributed by atoms with van der Waals surface area (Å²) in [7, 11) is 0. The molecule has 0 spiro atoms. The molecule has 2 amide bonds. The van der Waals surface area contributed by atoms with Crippen LogP contribution in [0.3, 0.4) is 0 Å². The second-order valence-corrected chi connectivity index (χ2v) is 6.61. The van der Waals surface area contributed by atoms with E-state index in [1.165, 1.54) is 12.1 Å². The van der Waals surface area contributed by atoms with E-state index in [-0.39, 0.29) is 29.3 Å². The third-order valence-electron chi connectivity index (χ3n) is 4.03. The number of anilines is 1. The number of carbonyl (C=O) groups excluding carboxylic acids is 2. The Bertz CT molecular complexity index is 562. The summed E-state index contributed by atoms with van der Waals surface area (Å²) in [6.07, 6.45) is -2.44. The van der Waals surface area contributed by atoms with Gasteiger partial charge in [-0.3, -0.25) is 14.5 Å². The Morgan fingerprint density at radius 3 is 2.00 bits per heavy atom. The van der Waals surface area contributed by atoms with Gasteiger partial charge in [-0.15, -0.1) is 0 Å². The van der Waals surface area contributed by atoms with Crippen LogP contribution in [0.5, 0.6) is 0 Å². The number of nitrogens with zero attached hydrogens (tertiary/aromatic N) is 1. The highest BCUT2D eigenvalue weighted by molar-refractivity contribution is 14.1. The minimum atomic E-state index is -4.44. The van der Waals surface area contributed by atoms with Gasteiger partial charge in [0.05, 0.1) is 23.1 Å². The minimum Gasteiger partial charge on any atom is -0.274 e. The normalized spacial score (nSPS) is 22.0. The first-order valence-electron chi connectivity index (χ1n) is 7.42. The number of alkyl halides is 4. The molecule has 2 unspecified atom stereocenters. The summed E-state index contributed by atoms with van der Waals surface area (Å²) < 4.78 is 38.6. The van der Waals surface area contributed by atoms with Crippen LogP contribution in [0.15, 0.2) is 24.3 Å². The van der Waals surface area contributed by atoms with Gasteiger partial charge in [-0.1, -0.05) is 35.9 Å². The highest BCUT2D eigenvalue weighted by Crippen LogP contribution is 2.37. The van der Waals surface area contributed by atoms with E-state index in [1.54, 1.807) is 0 Å². The second kappa shape index (κ2) is 7.19. The zero-order valence-corrected chi connectivity index (χ0v) is 14.7. The number of halogens is 4. The summed E-state index contributed by atoms with van der Waals surface area (Å²) in [6.45, 7) is 1.94. The maximum absolute atomic E-state index is 12.6. The van der Waals surface area contributed by atoms with Gasteiger partial charge in [-0.05, 0) is 37.1 Å². The van der Waals surface area contributed by atoms with Crippen molar-refractivity contribution in [3.63, 3.8) is 0 Å². The Morgan fingerprint density at radius 2 is 1.57 bits per heavy atom. The van der Waals surface area contributed by atoms with Crippen molar-refractivity contribution in [1.29, 1.82) is 0 Å². The highest BCUT2D eigenvalue weighted by atomic mass is 127. The lowest BCUT2D eigenvalue weighted by Gasteiger charge is -2.16. The Hall–Kier alpha value is -1.12. The van der Waals surface area contributed by atoms with Crippen molar-refractivity contribution in [2.24, 2.45) is 11.8 Å². The van der Waals surface area contributed by atoms with Crippen LogP contribution in [0.4, 0.5) is 18.9 Å². The quantitative estimate of drug-likeness (QED) is 0.387. The summed E-state index contributed by atoms with van der Waals surface area (Å²) in [4.78, 5) is 26.2. The molecule has 126 valence electrons. The molecule has 1 aromatic rings. The van der Waals surface area contributed by atoms with Crippen molar-refractivity contribution in [2.75, 3.05) is 9.33 Å². The Labute approximate surface area is 146 Å². The molecule has 0 aliphatic carbocycles. The van der Waals surface area contributed by atoms with E-state index in [1.807, 2.05) is 6.92 Å². The monoisotopic (exact) mass is 439 g/mol. The fraction of sp³-hybridized carbons (Fsp3) is 0.500. The molecule has 1 aliphatic rings. The molecule has 7 heteroatoms. The first-order chi connectivity index (χ1) is 10.8. The number of hydrogen-bond donors (Lipinski definition) is 0. The van der Waals surface area contributed by atoms with Crippen LogP contribution in [0.2, 0.25) is 0 Å². The van der Waals surface area contributed by atoms with E-state index < -0.39 is 11.7 Å². The Balaban J connectivity index is 2.31. The molecular formula is C16H17F3INO2. The number of hydrogen-bond acceptors (Lipinski definition) is 2. The number of rotatable bonds is 5. The number of carbonyl (C=O) groups is 2. The van der Waals surface area contributed by atoms with Crippen LogP contribution in [-0.4, -0.2) is 16.2 Å². The van der Waals surface area contributed by atoms with Crippen LogP contribution >= 0.6 is 22.6 Å². The molecule has 1 aromatic carbocycles. The standard InChI is InChI=1S/C16H17F3INO2/c1-2-3-12-13(8-9-20)15(23)21(14(12)22)11-6-4-10(5-7-11)16(17,18)19/h4-7,12-13H,2-3,8-9H2,1H3. The van der Waals surface area contributed by atoms with Gasteiger partial charge >= 0.3 is 6.18 Å². The van der Waals surface area contributed by atoms with Crippen LogP contribution in [0.25, 0.3) is 0 Å². The summed E-state index contributed by atoms with van der Waals surface area (Å²) in [5, 5.41) is 0. The zero-order chi connectivity index (χ0) is 17.2. The van der Waals surface area contributed by atoms with E-state index in [0.717, 1.165) is 27.9 Å². The summed E-state index contributed by atoms with van der Waals surface area (Å²) in [6, 6.07) is 4.18. The molecule has 0 N–H and O–H groups in total. The van der Waals surface area contributed by atoms with E-state index in [9.17, 15) is 22.8 Å². The fourth-order valence-corrected chi connectivity index (χ4v) is 3.59.